The normalized spacial score (nSPS) is 10.2. The van der Waals surface area contributed by atoms with Gasteiger partial charge in [0.1, 0.15) is 5.82 Å². The minimum Gasteiger partial charge on any atom is -0.462 e. The first-order valence-corrected chi connectivity index (χ1v) is 6.22. The molecule has 98 valence electrons. The van der Waals surface area contributed by atoms with Crippen LogP contribution in [0.5, 0.6) is 0 Å². The number of carbonyl (C=O) groups is 1. The molecule has 0 saturated carbocycles. The number of benzene rings is 2. The van der Waals surface area contributed by atoms with Crippen molar-refractivity contribution in [1.29, 1.82) is 0 Å². The van der Waals surface area contributed by atoms with Crippen LogP contribution in [0.25, 0.3) is 0 Å². The van der Waals surface area contributed by atoms with Crippen LogP contribution in [0.4, 0.5) is 4.39 Å². The van der Waals surface area contributed by atoms with E-state index in [9.17, 15) is 9.18 Å². The summed E-state index contributed by atoms with van der Waals surface area (Å²) < 4.78 is 18.0. The van der Waals surface area contributed by atoms with Crippen LogP contribution in [0.1, 0.15) is 22.3 Å². The molecule has 2 nitrogen and oxygen atoms in total. The number of esters is 1. The Balaban J connectivity index is 1.75. The highest BCUT2D eigenvalue weighted by Gasteiger charge is 2.07. The highest BCUT2D eigenvalue weighted by molar-refractivity contribution is 5.89. The number of hydrogen-bond donors (Lipinski definition) is 0. The second-order valence-electron chi connectivity index (χ2n) is 4.24. The van der Waals surface area contributed by atoms with Gasteiger partial charge in [-0.3, -0.25) is 0 Å². The zero-order chi connectivity index (χ0) is 13.5. The van der Waals surface area contributed by atoms with E-state index in [1.807, 2.05) is 30.3 Å². The van der Waals surface area contributed by atoms with Crippen LogP contribution in [0.2, 0.25) is 0 Å². The van der Waals surface area contributed by atoms with Gasteiger partial charge < -0.3 is 4.74 Å². The Morgan fingerprint density at radius 3 is 2.58 bits per heavy atom. The molecule has 2 rings (SSSR count). The van der Waals surface area contributed by atoms with Crippen molar-refractivity contribution < 1.29 is 13.9 Å². The van der Waals surface area contributed by atoms with Crippen molar-refractivity contribution in [2.24, 2.45) is 0 Å². The van der Waals surface area contributed by atoms with Crippen molar-refractivity contribution in [2.75, 3.05) is 6.61 Å². The Hall–Kier alpha value is -2.16. The van der Waals surface area contributed by atoms with Gasteiger partial charge in [-0.15, -0.1) is 0 Å². The molecule has 0 N–H and O–H groups in total. The van der Waals surface area contributed by atoms with Crippen molar-refractivity contribution in [3.63, 3.8) is 0 Å². The summed E-state index contributed by atoms with van der Waals surface area (Å²) >= 11 is 0. The maximum Gasteiger partial charge on any atom is 0.338 e. The van der Waals surface area contributed by atoms with E-state index >= 15 is 0 Å². The van der Waals surface area contributed by atoms with Crippen molar-refractivity contribution >= 4 is 5.97 Å². The molecule has 0 radical (unpaired) electrons. The SMILES string of the molecule is O=C(OCCCc1ccccc1)c1cccc(F)c1. The molecule has 0 aromatic heterocycles. The molecule has 0 heterocycles. The molecule has 0 spiro atoms. The smallest absolute Gasteiger partial charge is 0.338 e. The number of halogens is 1. The number of carbonyl (C=O) groups excluding carboxylic acids is 1. The van der Waals surface area contributed by atoms with Gasteiger partial charge >= 0.3 is 5.97 Å². The van der Waals surface area contributed by atoms with E-state index < -0.39 is 11.8 Å². The predicted octanol–water partition coefficient (Wildman–Crippen LogP) is 3.62. The monoisotopic (exact) mass is 258 g/mol. The summed E-state index contributed by atoms with van der Waals surface area (Å²) in [4.78, 5) is 11.6. The summed E-state index contributed by atoms with van der Waals surface area (Å²) in [6.45, 7) is 0.338. The van der Waals surface area contributed by atoms with Gasteiger partial charge in [0.25, 0.3) is 0 Å². The maximum absolute atomic E-state index is 12.9. The molecule has 2 aromatic carbocycles. The minimum atomic E-state index is -0.479. The van der Waals surface area contributed by atoms with E-state index in [2.05, 4.69) is 0 Å². The van der Waals surface area contributed by atoms with Gasteiger partial charge in [0, 0.05) is 0 Å². The first-order chi connectivity index (χ1) is 9.25. The third-order valence-electron chi connectivity index (χ3n) is 2.75. The first kappa shape index (κ1) is 13.3. The lowest BCUT2D eigenvalue weighted by atomic mass is 10.1. The molecular weight excluding hydrogens is 243 g/mol. The average Bonchev–Trinajstić information content (AvgIpc) is 2.44. The zero-order valence-electron chi connectivity index (χ0n) is 10.5. The molecule has 3 heteroatoms. The van der Waals surface area contributed by atoms with Gasteiger partial charge in [0.15, 0.2) is 0 Å². The number of ether oxygens (including phenoxy) is 1. The van der Waals surface area contributed by atoms with Gasteiger partial charge in [-0.2, -0.15) is 0 Å². The van der Waals surface area contributed by atoms with Crippen LogP contribution in [0, 0.1) is 5.82 Å². The molecule has 0 bridgehead atoms. The third-order valence-corrected chi connectivity index (χ3v) is 2.75. The van der Waals surface area contributed by atoms with Crippen molar-refractivity contribution in [3.8, 4) is 0 Å². The highest BCUT2D eigenvalue weighted by atomic mass is 19.1. The van der Waals surface area contributed by atoms with Crippen LogP contribution < -0.4 is 0 Å². The molecule has 0 saturated heterocycles. The van der Waals surface area contributed by atoms with Gasteiger partial charge in [0.2, 0.25) is 0 Å². The molecule has 0 fully saturated rings. The van der Waals surface area contributed by atoms with Crippen molar-refractivity contribution in [2.45, 2.75) is 12.8 Å². The lowest BCUT2D eigenvalue weighted by Crippen LogP contribution is -2.07. The Bertz CT molecular complexity index is 537. The fourth-order valence-corrected chi connectivity index (χ4v) is 1.78. The predicted molar refractivity (Wildman–Crippen MR) is 71.4 cm³/mol. The summed E-state index contributed by atoms with van der Waals surface area (Å²) in [6.07, 6.45) is 1.61. The lowest BCUT2D eigenvalue weighted by molar-refractivity contribution is 0.0500. The summed E-state index contributed by atoms with van der Waals surface area (Å²) in [6, 6.07) is 15.5. The van der Waals surface area contributed by atoms with E-state index in [4.69, 9.17) is 4.74 Å². The minimum absolute atomic E-state index is 0.250. The molecular formula is C16H15FO2. The summed E-state index contributed by atoms with van der Waals surface area (Å²) in [5.41, 5.74) is 1.46. The van der Waals surface area contributed by atoms with Gasteiger partial charge in [-0.1, -0.05) is 36.4 Å². The third kappa shape index (κ3) is 4.21. The lowest BCUT2D eigenvalue weighted by Gasteiger charge is -2.05. The molecule has 0 aliphatic heterocycles. The van der Waals surface area contributed by atoms with E-state index in [1.54, 1.807) is 6.07 Å². The Labute approximate surface area is 111 Å². The van der Waals surface area contributed by atoms with Gasteiger partial charge in [-0.05, 0) is 36.6 Å². The quantitative estimate of drug-likeness (QED) is 0.605. The zero-order valence-corrected chi connectivity index (χ0v) is 10.5. The molecule has 0 unspecified atom stereocenters. The second kappa shape index (κ2) is 6.69. The van der Waals surface area contributed by atoms with Crippen LogP contribution in [0.3, 0.4) is 0 Å². The van der Waals surface area contributed by atoms with Gasteiger partial charge in [0.05, 0.1) is 12.2 Å². The van der Waals surface area contributed by atoms with E-state index in [0.717, 1.165) is 12.8 Å². The summed E-state index contributed by atoms with van der Waals surface area (Å²) in [7, 11) is 0. The molecule has 0 aliphatic carbocycles. The molecule has 0 amide bonds. The van der Waals surface area contributed by atoms with Crippen molar-refractivity contribution in [3.05, 3.63) is 71.5 Å². The second-order valence-corrected chi connectivity index (χ2v) is 4.24. The van der Waals surface area contributed by atoms with E-state index in [1.165, 1.54) is 23.8 Å². The maximum atomic E-state index is 12.9. The molecule has 2 aromatic rings. The van der Waals surface area contributed by atoms with E-state index in [0.29, 0.717) is 6.61 Å². The summed E-state index contributed by atoms with van der Waals surface area (Å²) in [5, 5.41) is 0. The topological polar surface area (TPSA) is 26.3 Å². The fraction of sp³-hybridized carbons (Fsp3) is 0.188. The van der Waals surface area contributed by atoms with Crippen LogP contribution >= 0.6 is 0 Å². The Morgan fingerprint density at radius 1 is 1.05 bits per heavy atom. The number of aryl methyl sites for hydroxylation is 1. The van der Waals surface area contributed by atoms with Crippen LogP contribution in [-0.4, -0.2) is 12.6 Å². The van der Waals surface area contributed by atoms with Gasteiger partial charge in [-0.25, -0.2) is 9.18 Å². The first-order valence-electron chi connectivity index (χ1n) is 6.22. The van der Waals surface area contributed by atoms with Crippen LogP contribution in [0.15, 0.2) is 54.6 Å². The van der Waals surface area contributed by atoms with Crippen LogP contribution in [-0.2, 0) is 11.2 Å². The molecule has 0 atom stereocenters. The highest BCUT2D eigenvalue weighted by Crippen LogP contribution is 2.07. The molecule has 0 aliphatic rings. The number of rotatable bonds is 5. The van der Waals surface area contributed by atoms with Crippen molar-refractivity contribution in [1.82, 2.24) is 0 Å². The van der Waals surface area contributed by atoms with E-state index in [-0.39, 0.29) is 5.56 Å². The largest absolute Gasteiger partial charge is 0.462 e. The Kier molecular flexibility index (Phi) is 4.67. The molecule has 19 heavy (non-hydrogen) atoms. The fourth-order valence-electron chi connectivity index (χ4n) is 1.78. The average molecular weight is 258 g/mol. The standard InChI is InChI=1S/C16H15FO2/c17-15-10-4-9-14(12-15)16(18)19-11-5-8-13-6-2-1-3-7-13/h1-4,6-7,9-10,12H,5,8,11H2. The Morgan fingerprint density at radius 2 is 1.84 bits per heavy atom. The summed E-state index contributed by atoms with van der Waals surface area (Å²) in [5.74, 6) is -0.911. The number of hydrogen-bond acceptors (Lipinski definition) is 2.